The van der Waals surface area contributed by atoms with Crippen LogP contribution in [0.1, 0.15) is 117 Å². The van der Waals surface area contributed by atoms with Gasteiger partial charge in [-0.1, -0.05) is 72.1 Å². The van der Waals surface area contributed by atoms with Crippen LogP contribution in [-0.2, 0) is 0 Å². The van der Waals surface area contributed by atoms with E-state index in [1.54, 1.807) is 51.4 Å². The molecule has 4 aliphatic rings. The second-order valence-electron chi connectivity index (χ2n) is 11.2. The average Bonchev–Trinajstić information content (AvgIpc) is 3.00. The lowest BCUT2D eigenvalue weighted by atomic mass is 9.43. The molecule has 4 fully saturated rings. The lowest BCUT2D eigenvalue weighted by Gasteiger charge is -2.62. The summed E-state index contributed by atoms with van der Waals surface area (Å²) in [5.74, 6) is 5.42. The van der Waals surface area contributed by atoms with Gasteiger partial charge in [0.2, 0.25) is 0 Å². The molecule has 0 saturated heterocycles. The van der Waals surface area contributed by atoms with Crippen molar-refractivity contribution in [2.24, 2.45) is 40.4 Å². The van der Waals surface area contributed by atoms with E-state index in [2.05, 4.69) is 20.8 Å². The van der Waals surface area contributed by atoms with E-state index in [0.29, 0.717) is 5.41 Å². The second kappa shape index (κ2) is 7.20. The number of unbranched alkanes of at least 4 members (excludes halogenated alkanes) is 3. The maximum Gasteiger partial charge on any atom is -0.0264 e. The Labute approximate surface area is 157 Å². The fourth-order valence-electron chi connectivity index (χ4n) is 8.71. The Bertz CT molecular complexity index is 453. The van der Waals surface area contributed by atoms with Gasteiger partial charge in [-0.25, -0.2) is 0 Å². The molecule has 0 aliphatic heterocycles. The van der Waals surface area contributed by atoms with Gasteiger partial charge in [-0.05, 0) is 85.4 Å². The van der Waals surface area contributed by atoms with Gasteiger partial charge < -0.3 is 0 Å². The summed E-state index contributed by atoms with van der Waals surface area (Å²) in [7, 11) is 0. The predicted molar refractivity (Wildman–Crippen MR) is 109 cm³/mol. The van der Waals surface area contributed by atoms with Crippen LogP contribution in [0.25, 0.3) is 0 Å². The molecule has 0 spiro atoms. The van der Waals surface area contributed by atoms with Crippen molar-refractivity contribution in [2.45, 2.75) is 117 Å². The van der Waals surface area contributed by atoms with Crippen molar-refractivity contribution in [3.63, 3.8) is 0 Å². The van der Waals surface area contributed by atoms with Gasteiger partial charge in [-0.2, -0.15) is 0 Å². The van der Waals surface area contributed by atoms with Crippen LogP contribution in [0.15, 0.2) is 0 Å². The highest BCUT2D eigenvalue weighted by molar-refractivity contribution is 5.08. The summed E-state index contributed by atoms with van der Waals surface area (Å²) < 4.78 is 0. The van der Waals surface area contributed by atoms with E-state index in [1.165, 1.54) is 44.9 Å². The minimum absolute atomic E-state index is 0.709. The first kappa shape index (κ1) is 18.4. The highest BCUT2D eigenvalue weighted by Crippen LogP contribution is 2.67. The van der Waals surface area contributed by atoms with Crippen molar-refractivity contribution in [2.75, 3.05) is 0 Å². The molecule has 0 N–H and O–H groups in total. The molecule has 0 radical (unpaired) electrons. The zero-order valence-electron chi connectivity index (χ0n) is 17.5. The molecule has 144 valence electrons. The lowest BCUT2D eigenvalue weighted by Crippen LogP contribution is -2.54. The Morgan fingerprint density at radius 1 is 0.760 bits per heavy atom. The molecular formula is C25H44. The molecule has 0 bridgehead atoms. The lowest BCUT2D eigenvalue weighted by molar-refractivity contribution is -0.130. The van der Waals surface area contributed by atoms with Crippen LogP contribution in [-0.4, -0.2) is 0 Å². The summed E-state index contributed by atoms with van der Waals surface area (Å²) in [5, 5.41) is 0. The van der Waals surface area contributed by atoms with Crippen molar-refractivity contribution in [3.05, 3.63) is 0 Å². The van der Waals surface area contributed by atoms with E-state index in [4.69, 9.17) is 0 Å². The molecule has 0 heteroatoms. The average molecular weight is 345 g/mol. The van der Waals surface area contributed by atoms with Gasteiger partial charge in [-0.15, -0.1) is 0 Å². The van der Waals surface area contributed by atoms with Gasteiger partial charge in [0, 0.05) is 0 Å². The molecule has 4 aliphatic carbocycles. The van der Waals surface area contributed by atoms with Crippen molar-refractivity contribution < 1.29 is 0 Å². The third kappa shape index (κ3) is 3.12. The SMILES string of the molecule is CCCCCC[C@@H]1C[C@H]2[C@@H]3CCC[C@@]3(C)CC[C@@H]2[C@@]2(C)CCCC[C@H]12. The second-order valence-corrected chi connectivity index (χ2v) is 11.2. The highest BCUT2D eigenvalue weighted by Gasteiger charge is 2.59. The van der Waals surface area contributed by atoms with Crippen LogP contribution in [0, 0.1) is 40.4 Å². The molecule has 4 rings (SSSR count). The van der Waals surface area contributed by atoms with Crippen LogP contribution in [0.4, 0.5) is 0 Å². The quantitative estimate of drug-likeness (QED) is 0.443. The van der Waals surface area contributed by atoms with Crippen LogP contribution < -0.4 is 0 Å². The zero-order chi connectivity index (χ0) is 17.5. The first-order chi connectivity index (χ1) is 12.1. The van der Waals surface area contributed by atoms with Gasteiger partial charge in [0.1, 0.15) is 0 Å². The van der Waals surface area contributed by atoms with E-state index in [1.807, 2.05) is 0 Å². The minimum atomic E-state index is 0.709. The van der Waals surface area contributed by atoms with Crippen molar-refractivity contribution in [1.29, 1.82) is 0 Å². The van der Waals surface area contributed by atoms with E-state index in [-0.39, 0.29) is 0 Å². The predicted octanol–water partition coefficient (Wildman–Crippen LogP) is 8.01. The molecule has 0 heterocycles. The van der Waals surface area contributed by atoms with Crippen LogP contribution in [0.3, 0.4) is 0 Å². The topological polar surface area (TPSA) is 0 Å². The molecule has 0 aromatic carbocycles. The summed E-state index contributed by atoms with van der Waals surface area (Å²) in [4.78, 5) is 0. The fourth-order valence-corrected chi connectivity index (χ4v) is 8.71. The summed E-state index contributed by atoms with van der Waals surface area (Å²) >= 11 is 0. The maximum atomic E-state index is 2.77. The standard InChI is InChI=1S/C25H44/c1-4-5-6-7-11-19-18-20-22-13-10-15-24(22,2)17-14-23(20)25(3)16-9-8-12-21(19)25/h19-23H,4-18H2,1-3H3/t19-,20+,21-,22+,23+,24+,25+/m1/s1. The molecule has 0 unspecified atom stereocenters. The first-order valence-corrected chi connectivity index (χ1v) is 12.1. The molecule has 0 amide bonds. The van der Waals surface area contributed by atoms with Gasteiger partial charge in [0.15, 0.2) is 0 Å². The van der Waals surface area contributed by atoms with E-state index < -0.39 is 0 Å². The van der Waals surface area contributed by atoms with Crippen molar-refractivity contribution >= 4 is 0 Å². The number of hydrogen-bond acceptors (Lipinski definition) is 0. The monoisotopic (exact) mass is 344 g/mol. The number of rotatable bonds is 5. The Kier molecular flexibility index (Phi) is 5.29. The summed E-state index contributed by atoms with van der Waals surface area (Å²) in [6.45, 7) is 7.79. The molecule has 0 aromatic heterocycles. The highest BCUT2D eigenvalue weighted by atomic mass is 14.6. The fraction of sp³-hybridized carbons (Fsp3) is 1.00. The molecule has 7 atom stereocenters. The molecule has 4 saturated carbocycles. The molecule has 25 heavy (non-hydrogen) atoms. The van der Waals surface area contributed by atoms with Crippen LogP contribution >= 0.6 is 0 Å². The van der Waals surface area contributed by atoms with E-state index >= 15 is 0 Å². The third-order valence-corrected chi connectivity index (χ3v) is 9.97. The van der Waals surface area contributed by atoms with E-state index in [9.17, 15) is 0 Å². The Morgan fingerprint density at radius 2 is 1.60 bits per heavy atom. The normalized spacial score (nSPS) is 49.3. The van der Waals surface area contributed by atoms with Crippen molar-refractivity contribution in [3.8, 4) is 0 Å². The van der Waals surface area contributed by atoms with Gasteiger partial charge in [0.25, 0.3) is 0 Å². The number of fused-ring (bicyclic) bond motifs is 5. The zero-order valence-corrected chi connectivity index (χ0v) is 17.5. The van der Waals surface area contributed by atoms with Crippen molar-refractivity contribution in [1.82, 2.24) is 0 Å². The van der Waals surface area contributed by atoms with Crippen LogP contribution in [0.2, 0.25) is 0 Å². The minimum Gasteiger partial charge on any atom is -0.0654 e. The number of hydrogen-bond donors (Lipinski definition) is 0. The molecule has 0 nitrogen and oxygen atoms in total. The third-order valence-electron chi connectivity index (χ3n) is 9.97. The van der Waals surface area contributed by atoms with Crippen LogP contribution in [0.5, 0.6) is 0 Å². The Balaban J connectivity index is 1.55. The smallest absolute Gasteiger partial charge is 0.0264 e. The Morgan fingerprint density at radius 3 is 2.44 bits per heavy atom. The van der Waals surface area contributed by atoms with Gasteiger partial charge >= 0.3 is 0 Å². The van der Waals surface area contributed by atoms with E-state index in [0.717, 1.165) is 35.0 Å². The largest absolute Gasteiger partial charge is 0.0654 e. The maximum absolute atomic E-state index is 2.77. The first-order valence-electron chi connectivity index (χ1n) is 12.1. The van der Waals surface area contributed by atoms with Gasteiger partial charge in [-0.3, -0.25) is 0 Å². The summed E-state index contributed by atoms with van der Waals surface area (Å²) in [6, 6.07) is 0. The summed E-state index contributed by atoms with van der Waals surface area (Å²) in [6.07, 6.45) is 23.0. The van der Waals surface area contributed by atoms with Gasteiger partial charge in [0.05, 0.1) is 0 Å². The summed E-state index contributed by atoms with van der Waals surface area (Å²) in [5.41, 5.74) is 1.44. The molecular weight excluding hydrogens is 300 g/mol. The molecule has 0 aromatic rings. The Hall–Kier alpha value is 0.